The van der Waals surface area contributed by atoms with Crippen LogP contribution in [-0.4, -0.2) is 59.5 Å². The number of esters is 2. The van der Waals surface area contributed by atoms with Gasteiger partial charge in [-0.15, -0.1) is 0 Å². The van der Waals surface area contributed by atoms with Gasteiger partial charge in [0.05, 0.1) is 24.5 Å². The van der Waals surface area contributed by atoms with E-state index >= 15 is 0 Å². The first-order valence-corrected chi connectivity index (χ1v) is 15.1. The van der Waals surface area contributed by atoms with Crippen molar-refractivity contribution in [2.75, 3.05) is 7.11 Å². The second-order valence-corrected chi connectivity index (χ2v) is 14.6. The second-order valence-electron chi connectivity index (χ2n) is 14.6. The van der Waals surface area contributed by atoms with Gasteiger partial charge in [-0.3, -0.25) is 28.8 Å². The number of aliphatic hydroxyl groups is 1. The smallest absolute Gasteiger partial charge is 0.308 e. The van der Waals surface area contributed by atoms with Crippen LogP contribution in [0.1, 0.15) is 93.9 Å². The number of aliphatic hydroxyl groups excluding tert-OH is 1. The van der Waals surface area contributed by atoms with Gasteiger partial charge in [-0.25, -0.2) is 0 Å². The van der Waals surface area contributed by atoms with Crippen LogP contribution in [0.3, 0.4) is 0 Å². The summed E-state index contributed by atoms with van der Waals surface area (Å²) in [4.78, 5) is 80.4. The molecule has 0 aromatic carbocycles. The first-order chi connectivity index (χ1) is 19.3. The molecule has 9 nitrogen and oxygen atoms in total. The van der Waals surface area contributed by atoms with Crippen molar-refractivity contribution in [3.8, 4) is 0 Å². The van der Waals surface area contributed by atoms with Crippen LogP contribution < -0.4 is 0 Å². The zero-order valence-corrected chi connectivity index (χ0v) is 26.4. The normalized spacial score (nSPS) is 38.7. The van der Waals surface area contributed by atoms with E-state index in [2.05, 4.69) is 0 Å². The Bertz CT molecular complexity index is 1280. The minimum atomic E-state index is -1.41. The highest BCUT2D eigenvalue weighted by Gasteiger charge is 2.74. The molecule has 0 aromatic rings. The summed E-state index contributed by atoms with van der Waals surface area (Å²) in [5.41, 5.74) is -3.63. The molecule has 0 spiro atoms. The zero-order chi connectivity index (χ0) is 31.7. The molecule has 42 heavy (non-hydrogen) atoms. The average Bonchev–Trinajstić information content (AvgIpc) is 3.11. The van der Waals surface area contributed by atoms with E-state index in [1.807, 2.05) is 27.7 Å². The summed E-state index contributed by atoms with van der Waals surface area (Å²) in [6, 6.07) is 0. The van der Waals surface area contributed by atoms with Crippen LogP contribution in [0.5, 0.6) is 0 Å². The number of hydrogen-bond donors (Lipinski definition) is 1. The number of hydrogen-bond acceptors (Lipinski definition) is 9. The van der Waals surface area contributed by atoms with Gasteiger partial charge in [0.2, 0.25) is 5.78 Å². The molecule has 4 aliphatic carbocycles. The largest absolute Gasteiger partial charge is 0.469 e. The van der Waals surface area contributed by atoms with Crippen molar-refractivity contribution in [1.82, 2.24) is 0 Å². The second kappa shape index (κ2) is 10.5. The number of rotatable bonds is 7. The Kier molecular flexibility index (Phi) is 8.05. The third kappa shape index (κ3) is 4.36. The lowest BCUT2D eigenvalue weighted by molar-refractivity contribution is -0.176. The highest BCUT2D eigenvalue weighted by molar-refractivity contribution is 6.18. The van der Waals surface area contributed by atoms with Gasteiger partial charge in [0.1, 0.15) is 11.6 Å². The first kappa shape index (κ1) is 32.2. The fraction of sp³-hybridized carbons (Fsp3) is 0.758. The summed E-state index contributed by atoms with van der Waals surface area (Å²) in [7, 11) is 1.27. The zero-order valence-electron chi connectivity index (χ0n) is 26.4. The van der Waals surface area contributed by atoms with Gasteiger partial charge in [0.15, 0.2) is 11.9 Å². The molecule has 232 valence electrons. The monoisotopic (exact) mass is 586 g/mol. The Morgan fingerprint density at radius 3 is 2.17 bits per heavy atom. The Balaban J connectivity index is 1.85. The van der Waals surface area contributed by atoms with Gasteiger partial charge < -0.3 is 14.6 Å². The van der Waals surface area contributed by atoms with Gasteiger partial charge in [0, 0.05) is 54.6 Å². The SMILES string of the molecule is COC(=O)[C@H](C)CC(=O)C[C@H](C)[C@H]1CC(=O)[C@@]2(C)C3=C(C(=O)[C@@H](OC(C)=O)[C@]12C)[C@@]1(C)CC[C@H](O)C(C)(C)[C@H]1CC3=O. The molecule has 4 aliphatic rings. The number of Topliss-reactive ketones (excluding diaryl/α,β-unsaturated/α-hetero) is 4. The van der Waals surface area contributed by atoms with Gasteiger partial charge in [-0.2, -0.15) is 0 Å². The molecule has 2 fully saturated rings. The summed E-state index contributed by atoms with van der Waals surface area (Å²) in [6.07, 6.45) is -0.913. The Morgan fingerprint density at radius 1 is 0.976 bits per heavy atom. The molecule has 0 bridgehead atoms. The van der Waals surface area contributed by atoms with Gasteiger partial charge in [-0.1, -0.05) is 41.5 Å². The molecule has 0 heterocycles. The van der Waals surface area contributed by atoms with Crippen molar-refractivity contribution >= 4 is 35.1 Å². The maximum absolute atomic E-state index is 14.7. The lowest BCUT2D eigenvalue weighted by atomic mass is 9.42. The topological polar surface area (TPSA) is 141 Å². The molecule has 9 heteroatoms. The molecule has 4 rings (SSSR count). The maximum Gasteiger partial charge on any atom is 0.308 e. The van der Waals surface area contributed by atoms with Gasteiger partial charge in [0.25, 0.3) is 0 Å². The summed E-state index contributed by atoms with van der Waals surface area (Å²) in [5, 5.41) is 10.9. The predicted octanol–water partition coefficient (Wildman–Crippen LogP) is 3.97. The molecule has 0 saturated heterocycles. The van der Waals surface area contributed by atoms with E-state index in [-0.39, 0.29) is 60.1 Å². The third-order valence-corrected chi connectivity index (χ3v) is 12.0. The maximum atomic E-state index is 14.7. The highest BCUT2D eigenvalue weighted by Crippen LogP contribution is 2.70. The van der Waals surface area contributed by atoms with Gasteiger partial charge in [-0.05, 0) is 42.9 Å². The molecule has 0 aliphatic heterocycles. The standard InChI is InChI=1S/C33H46O9/c1-16(12-19(35)13-17(2)29(40)41-9)20-14-24(38)33(8)25-21(36)15-22-30(4,5)23(37)10-11-31(22,6)26(25)27(39)28(32(20,33)7)42-18(3)34/h16-17,20,22-23,28,37H,10-15H2,1-9H3/t16-,17+,20+,22+,23-,28+,31-,32-,33-/m0/s1. The van der Waals surface area contributed by atoms with Crippen LogP contribution >= 0.6 is 0 Å². The Hall–Kier alpha value is -2.68. The van der Waals surface area contributed by atoms with Gasteiger partial charge >= 0.3 is 11.9 Å². The molecule has 0 amide bonds. The lowest BCUT2D eigenvalue weighted by Gasteiger charge is -2.61. The summed E-state index contributed by atoms with van der Waals surface area (Å²) in [6.45, 7) is 13.9. The number of carbonyl (C=O) groups excluding carboxylic acids is 6. The van der Waals surface area contributed by atoms with Crippen molar-refractivity contribution in [2.24, 2.45) is 45.3 Å². The fourth-order valence-corrected chi connectivity index (χ4v) is 9.37. The van der Waals surface area contributed by atoms with E-state index in [1.54, 1.807) is 20.8 Å². The van der Waals surface area contributed by atoms with Crippen LogP contribution in [0.25, 0.3) is 0 Å². The van der Waals surface area contributed by atoms with Crippen molar-refractivity contribution in [2.45, 2.75) is 106 Å². The number of fused-ring (bicyclic) bond motifs is 4. The van der Waals surface area contributed by atoms with E-state index in [9.17, 15) is 33.9 Å². The minimum Gasteiger partial charge on any atom is -0.469 e. The van der Waals surface area contributed by atoms with Crippen molar-refractivity contribution in [1.29, 1.82) is 0 Å². The fourth-order valence-electron chi connectivity index (χ4n) is 9.37. The molecule has 0 unspecified atom stereocenters. The minimum absolute atomic E-state index is 0.0207. The summed E-state index contributed by atoms with van der Waals surface area (Å²) in [5.74, 6) is -4.18. The predicted molar refractivity (Wildman–Crippen MR) is 152 cm³/mol. The first-order valence-electron chi connectivity index (χ1n) is 15.1. The van der Waals surface area contributed by atoms with E-state index in [0.717, 1.165) is 0 Å². The summed E-state index contributed by atoms with van der Waals surface area (Å²) < 4.78 is 10.6. The van der Waals surface area contributed by atoms with Crippen LogP contribution in [0, 0.1) is 45.3 Å². The molecule has 0 aromatic heterocycles. The van der Waals surface area contributed by atoms with E-state index in [4.69, 9.17) is 9.47 Å². The van der Waals surface area contributed by atoms with E-state index in [0.29, 0.717) is 12.8 Å². The molecule has 9 atom stereocenters. The number of ether oxygens (including phenoxy) is 2. The lowest BCUT2D eigenvalue weighted by Crippen LogP contribution is -2.65. The average molecular weight is 587 g/mol. The number of carbonyl (C=O) groups is 6. The van der Waals surface area contributed by atoms with Crippen LogP contribution in [0.2, 0.25) is 0 Å². The number of ketones is 4. The Morgan fingerprint density at radius 2 is 1.60 bits per heavy atom. The van der Waals surface area contributed by atoms with Crippen molar-refractivity contribution in [3.05, 3.63) is 11.1 Å². The molecule has 2 saturated carbocycles. The molecular weight excluding hydrogens is 540 g/mol. The molecular formula is C33H46O9. The van der Waals surface area contributed by atoms with Crippen molar-refractivity contribution in [3.63, 3.8) is 0 Å². The van der Waals surface area contributed by atoms with Crippen LogP contribution in [0.15, 0.2) is 11.1 Å². The number of allylic oxidation sites excluding steroid dienone is 1. The van der Waals surface area contributed by atoms with Crippen LogP contribution in [0.4, 0.5) is 0 Å². The van der Waals surface area contributed by atoms with Crippen LogP contribution in [-0.2, 0) is 38.2 Å². The van der Waals surface area contributed by atoms with E-state index < -0.39 is 69.3 Å². The number of methoxy groups -OCH3 is 1. The Labute approximate surface area is 248 Å². The molecule has 1 N–H and O–H groups in total. The molecule has 0 radical (unpaired) electrons. The summed E-state index contributed by atoms with van der Waals surface area (Å²) >= 11 is 0. The quantitative estimate of drug-likeness (QED) is 0.439. The highest BCUT2D eigenvalue weighted by atomic mass is 16.5. The van der Waals surface area contributed by atoms with E-state index in [1.165, 1.54) is 14.0 Å². The van der Waals surface area contributed by atoms with Crippen molar-refractivity contribution < 1.29 is 43.3 Å². The third-order valence-electron chi connectivity index (χ3n) is 12.0.